The fourth-order valence-corrected chi connectivity index (χ4v) is 5.16. The van der Waals surface area contributed by atoms with Crippen LogP contribution in [0, 0.1) is 23.7 Å². The molecule has 4 bridgehead atoms. The normalized spacial score (nSPS) is 41.5. The number of hydrogen-bond donors (Lipinski definition) is 2. The molecule has 4 heteroatoms. The Balaban J connectivity index is 1.72. The molecule has 18 heavy (non-hydrogen) atoms. The molecule has 4 nitrogen and oxygen atoms in total. The Kier molecular flexibility index (Phi) is 2.25. The molecule has 0 amide bonds. The number of rotatable bonds is 2. The monoisotopic (exact) mass is 246 g/mol. The SMILES string of the molecule is NCc1cc(N)nn1C1C2CC3CC(C2)CC1C3. The van der Waals surface area contributed by atoms with Crippen molar-refractivity contribution in [3.8, 4) is 0 Å². The molecule has 1 aromatic rings. The maximum absolute atomic E-state index is 5.86. The standard InChI is InChI=1S/C14H22N4/c15-7-12-6-13(16)17-18(12)14-10-2-8-1-9(4-10)5-11(14)3-8/h6,8-11,14H,1-5,7,15H2,(H2,16,17). The van der Waals surface area contributed by atoms with Crippen molar-refractivity contribution in [1.82, 2.24) is 9.78 Å². The van der Waals surface area contributed by atoms with Gasteiger partial charge in [0.05, 0.1) is 11.7 Å². The number of nitrogen functional groups attached to an aromatic ring is 1. The topological polar surface area (TPSA) is 69.9 Å². The van der Waals surface area contributed by atoms with E-state index < -0.39 is 0 Å². The maximum Gasteiger partial charge on any atom is 0.145 e. The number of hydrogen-bond acceptors (Lipinski definition) is 3. The Bertz CT molecular complexity index is 436. The summed E-state index contributed by atoms with van der Waals surface area (Å²) in [7, 11) is 0. The average Bonchev–Trinajstić information content (AvgIpc) is 2.69. The van der Waals surface area contributed by atoms with E-state index in [2.05, 4.69) is 9.78 Å². The minimum Gasteiger partial charge on any atom is -0.382 e. The first-order chi connectivity index (χ1) is 8.74. The van der Waals surface area contributed by atoms with Gasteiger partial charge in [-0.25, -0.2) is 0 Å². The summed E-state index contributed by atoms with van der Waals surface area (Å²) in [6.45, 7) is 0.549. The van der Waals surface area contributed by atoms with E-state index in [1.165, 1.54) is 32.1 Å². The summed E-state index contributed by atoms with van der Waals surface area (Å²) in [6, 6.07) is 2.53. The number of nitrogens with zero attached hydrogens (tertiary/aromatic N) is 2. The molecule has 0 spiro atoms. The third-order valence-electron chi connectivity index (χ3n) is 5.50. The van der Waals surface area contributed by atoms with Crippen LogP contribution in [0.15, 0.2) is 6.07 Å². The fourth-order valence-electron chi connectivity index (χ4n) is 5.16. The molecule has 0 unspecified atom stereocenters. The second kappa shape index (κ2) is 3.73. The Morgan fingerprint density at radius 3 is 2.28 bits per heavy atom. The summed E-state index contributed by atoms with van der Waals surface area (Å²) in [5, 5.41) is 4.54. The first kappa shape index (κ1) is 10.9. The highest BCUT2D eigenvalue weighted by atomic mass is 15.3. The van der Waals surface area contributed by atoms with Crippen molar-refractivity contribution in [3.63, 3.8) is 0 Å². The van der Waals surface area contributed by atoms with E-state index >= 15 is 0 Å². The molecule has 98 valence electrons. The van der Waals surface area contributed by atoms with Crippen molar-refractivity contribution in [2.45, 2.75) is 44.7 Å². The molecule has 0 atom stereocenters. The van der Waals surface area contributed by atoms with Crippen LogP contribution in [0.1, 0.15) is 43.8 Å². The highest BCUT2D eigenvalue weighted by Gasteiger charge is 2.49. The number of nitrogens with two attached hydrogens (primary N) is 2. The molecular weight excluding hydrogens is 224 g/mol. The van der Waals surface area contributed by atoms with E-state index in [1.54, 1.807) is 0 Å². The van der Waals surface area contributed by atoms with Crippen molar-refractivity contribution < 1.29 is 0 Å². The zero-order valence-corrected chi connectivity index (χ0v) is 10.8. The van der Waals surface area contributed by atoms with Gasteiger partial charge < -0.3 is 11.5 Å². The van der Waals surface area contributed by atoms with Crippen molar-refractivity contribution in [1.29, 1.82) is 0 Å². The van der Waals surface area contributed by atoms with E-state index in [9.17, 15) is 0 Å². The van der Waals surface area contributed by atoms with Gasteiger partial charge in [0.2, 0.25) is 0 Å². The summed E-state index contributed by atoms with van der Waals surface area (Å²) in [4.78, 5) is 0. The van der Waals surface area contributed by atoms with E-state index in [-0.39, 0.29) is 0 Å². The van der Waals surface area contributed by atoms with Crippen LogP contribution < -0.4 is 11.5 Å². The molecule has 1 aromatic heterocycles. The maximum atomic E-state index is 5.86. The summed E-state index contributed by atoms with van der Waals surface area (Å²) < 4.78 is 2.18. The Morgan fingerprint density at radius 1 is 1.11 bits per heavy atom. The van der Waals surface area contributed by atoms with Crippen LogP contribution in [0.4, 0.5) is 5.82 Å². The molecular formula is C14H22N4. The summed E-state index contributed by atoms with van der Waals surface area (Å²) in [6.07, 6.45) is 7.11. The van der Waals surface area contributed by atoms with E-state index in [0.29, 0.717) is 18.4 Å². The quantitative estimate of drug-likeness (QED) is 0.837. The molecule has 4 saturated carbocycles. The van der Waals surface area contributed by atoms with E-state index in [4.69, 9.17) is 11.5 Å². The summed E-state index contributed by atoms with van der Waals surface area (Å²) in [5.74, 6) is 4.27. The molecule has 0 aliphatic heterocycles. The first-order valence-electron chi connectivity index (χ1n) is 7.28. The zero-order valence-electron chi connectivity index (χ0n) is 10.8. The second-order valence-corrected chi connectivity index (χ2v) is 6.63. The van der Waals surface area contributed by atoms with Crippen LogP contribution in [-0.4, -0.2) is 9.78 Å². The van der Waals surface area contributed by atoms with Crippen LogP contribution in [0.2, 0.25) is 0 Å². The van der Waals surface area contributed by atoms with Gasteiger partial charge >= 0.3 is 0 Å². The first-order valence-corrected chi connectivity index (χ1v) is 7.28. The lowest BCUT2D eigenvalue weighted by molar-refractivity contribution is -0.0345. The van der Waals surface area contributed by atoms with Gasteiger partial charge in [-0.1, -0.05) is 0 Å². The van der Waals surface area contributed by atoms with Crippen LogP contribution in [0.25, 0.3) is 0 Å². The molecule has 4 aliphatic carbocycles. The largest absolute Gasteiger partial charge is 0.382 e. The lowest BCUT2D eigenvalue weighted by atomic mass is 9.54. The van der Waals surface area contributed by atoms with Gasteiger partial charge in [-0.2, -0.15) is 5.10 Å². The zero-order chi connectivity index (χ0) is 12.3. The van der Waals surface area contributed by atoms with Gasteiger partial charge in [0.1, 0.15) is 5.82 Å². The number of anilines is 1. The van der Waals surface area contributed by atoms with Crippen LogP contribution in [-0.2, 0) is 6.54 Å². The summed E-state index contributed by atoms with van der Waals surface area (Å²) in [5.41, 5.74) is 12.8. The van der Waals surface area contributed by atoms with Crippen molar-refractivity contribution in [2.24, 2.45) is 29.4 Å². The highest BCUT2D eigenvalue weighted by molar-refractivity contribution is 5.30. The van der Waals surface area contributed by atoms with Crippen LogP contribution in [0.5, 0.6) is 0 Å². The van der Waals surface area contributed by atoms with Gasteiger partial charge in [-0.05, 0) is 55.8 Å². The Labute approximate surface area is 108 Å². The molecule has 4 N–H and O–H groups in total. The molecule has 0 saturated heterocycles. The van der Waals surface area contributed by atoms with Crippen LogP contribution in [0.3, 0.4) is 0 Å². The third-order valence-corrected chi connectivity index (χ3v) is 5.50. The molecule has 0 radical (unpaired) electrons. The number of aromatic nitrogens is 2. The minimum atomic E-state index is 0.549. The van der Waals surface area contributed by atoms with Crippen LogP contribution >= 0.6 is 0 Å². The predicted octanol–water partition coefficient (Wildman–Crippen LogP) is 1.92. The Hall–Kier alpha value is -1.03. The smallest absolute Gasteiger partial charge is 0.145 e. The summed E-state index contributed by atoms with van der Waals surface area (Å²) >= 11 is 0. The highest BCUT2D eigenvalue weighted by Crippen LogP contribution is 2.58. The van der Waals surface area contributed by atoms with Gasteiger partial charge in [0.15, 0.2) is 0 Å². The minimum absolute atomic E-state index is 0.549. The molecule has 4 fully saturated rings. The molecule has 4 aliphatic rings. The van der Waals surface area contributed by atoms with Gasteiger partial charge in [-0.3, -0.25) is 4.68 Å². The molecule has 1 heterocycles. The van der Waals surface area contributed by atoms with Crippen molar-refractivity contribution >= 4 is 5.82 Å². The lowest BCUT2D eigenvalue weighted by Gasteiger charge is -2.54. The fraction of sp³-hybridized carbons (Fsp3) is 0.786. The van der Waals surface area contributed by atoms with Crippen molar-refractivity contribution in [3.05, 3.63) is 11.8 Å². The van der Waals surface area contributed by atoms with E-state index in [0.717, 1.165) is 29.4 Å². The van der Waals surface area contributed by atoms with Crippen molar-refractivity contribution in [2.75, 3.05) is 5.73 Å². The van der Waals surface area contributed by atoms with E-state index in [1.807, 2.05) is 6.07 Å². The van der Waals surface area contributed by atoms with Gasteiger partial charge in [0.25, 0.3) is 0 Å². The molecule has 0 aromatic carbocycles. The third kappa shape index (κ3) is 1.44. The second-order valence-electron chi connectivity index (χ2n) is 6.63. The van der Waals surface area contributed by atoms with Gasteiger partial charge in [-0.15, -0.1) is 0 Å². The van der Waals surface area contributed by atoms with Gasteiger partial charge in [0, 0.05) is 12.6 Å². The Morgan fingerprint density at radius 2 is 1.72 bits per heavy atom. The average molecular weight is 246 g/mol. The molecule has 5 rings (SSSR count). The predicted molar refractivity (Wildman–Crippen MR) is 70.6 cm³/mol. The lowest BCUT2D eigenvalue weighted by Crippen LogP contribution is -2.46.